The van der Waals surface area contributed by atoms with E-state index >= 15 is 0 Å². The second-order valence-electron chi connectivity index (χ2n) is 6.05. The van der Waals surface area contributed by atoms with Gasteiger partial charge in [0.1, 0.15) is 5.69 Å². The van der Waals surface area contributed by atoms with E-state index < -0.39 is 37.6 Å². The molecule has 166 valence electrons. The molecule has 2 rings (SSSR count). The number of benzene rings is 2. The minimum atomic E-state index is -4.15. The van der Waals surface area contributed by atoms with E-state index in [4.69, 9.17) is 11.6 Å². The van der Waals surface area contributed by atoms with Gasteiger partial charge in [-0.3, -0.25) is 4.72 Å². The van der Waals surface area contributed by atoms with Crippen LogP contribution in [0.15, 0.2) is 30.3 Å². The molecule has 2 aromatic rings. The fraction of sp³-hybridized carbons (Fsp3) is 0.250. The van der Waals surface area contributed by atoms with Gasteiger partial charge < -0.3 is 5.32 Å². The average Bonchev–Trinajstić information content (AvgIpc) is 2.61. The molecule has 0 bridgehead atoms. The first-order chi connectivity index (χ1) is 13.9. The molecule has 8 nitrogen and oxygen atoms in total. The van der Waals surface area contributed by atoms with Gasteiger partial charge in [0.2, 0.25) is 10.0 Å². The largest absolute Gasteiger partial charge is 0.350 e. The van der Waals surface area contributed by atoms with Crippen molar-refractivity contribution < 1.29 is 25.6 Å². The van der Waals surface area contributed by atoms with Crippen LogP contribution in [-0.4, -0.2) is 36.2 Å². The number of halogens is 4. The second kappa shape index (κ2) is 10.4. The first-order valence-electron chi connectivity index (χ1n) is 8.30. The van der Waals surface area contributed by atoms with Crippen LogP contribution in [-0.2, 0) is 20.2 Å². The maximum Gasteiger partial charge on any atom is 0.299 e. The third-order valence-corrected chi connectivity index (χ3v) is 6.32. The third kappa shape index (κ3) is 7.77. The van der Waals surface area contributed by atoms with Crippen molar-refractivity contribution in [3.8, 4) is 0 Å². The van der Waals surface area contributed by atoms with Crippen LogP contribution in [0, 0.1) is 15.2 Å². The lowest BCUT2D eigenvalue weighted by molar-refractivity contribution is 0.512. The van der Waals surface area contributed by atoms with Gasteiger partial charge in [0, 0.05) is 16.7 Å². The smallest absolute Gasteiger partial charge is 0.299 e. The molecule has 30 heavy (non-hydrogen) atoms. The highest BCUT2D eigenvalue weighted by Gasteiger charge is 2.19. The summed E-state index contributed by atoms with van der Waals surface area (Å²) in [7, 11) is -7.53. The maximum atomic E-state index is 14.4. The number of rotatable bonds is 10. The van der Waals surface area contributed by atoms with Crippen LogP contribution in [0.4, 0.5) is 25.8 Å². The van der Waals surface area contributed by atoms with Gasteiger partial charge in [0.15, 0.2) is 11.6 Å². The van der Waals surface area contributed by atoms with E-state index in [0.29, 0.717) is 0 Å². The normalized spacial score (nSPS) is 12.0. The van der Waals surface area contributed by atoms with Gasteiger partial charge >= 0.3 is 0 Å². The maximum absolute atomic E-state index is 14.4. The molecule has 0 atom stereocenters. The molecule has 0 aliphatic heterocycles. The van der Waals surface area contributed by atoms with Crippen LogP contribution in [0.5, 0.6) is 0 Å². The lowest BCUT2D eigenvalue weighted by Crippen LogP contribution is -2.33. The van der Waals surface area contributed by atoms with Crippen LogP contribution in [0.1, 0.15) is 6.42 Å². The number of nitrogens with one attached hydrogen (secondary N) is 4. The molecule has 0 aliphatic carbocycles. The summed E-state index contributed by atoms with van der Waals surface area (Å²) in [5.41, 5.74) is -0.436. The zero-order valence-corrected chi connectivity index (χ0v) is 20.0. The first-order valence-corrected chi connectivity index (χ1v) is 13.1. The van der Waals surface area contributed by atoms with Gasteiger partial charge in [-0.25, -0.2) is 21.9 Å². The molecule has 0 aliphatic rings. The molecule has 0 radical (unpaired) electrons. The summed E-state index contributed by atoms with van der Waals surface area (Å²) in [6, 6.07) is 6.66. The highest BCUT2D eigenvalue weighted by Crippen LogP contribution is 2.34. The molecule has 0 amide bonds. The van der Waals surface area contributed by atoms with Crippen molar-refractivity contribution in [2.45, 2.75) is 6.42 Å². The highest BCUT2D eigenvalue weighted by molar-refractivity contribution is 14.1. The monoisotopic (exact) mass is 594 g/mol. The Kier molecular flexibility index (Phi) is 8.64. The van der Waals surface area contributed by atoms with Crippen molar-refractivity contribution >= 4 is 71.5 Å². The van der Waals surface area contributed by atoms with Gasteiger partial charge in [-0.2, -0.15) is 13.1 Å². The first kappa shape index (κ1) is 25.0. The average molecular weight is 595 g/mol. The van der Waals surface area contributed by atoms with E-state index in [2.05, 4.69) is 19.5 Å². The van der Waals surface area contributed by atoms with E-state index in [1.54, 1.807) is 18.2 Å². The van der Waals surface area contributed by atoms with Crippen LogP contribution < -0.4 is 19.5 Å². The molecule has 0 saturated heterocycles. The summed E-state index contributed by atoms with van der Waals surface area (Å²) in [6.07, 6.45) is 1.16. The van der Waals surface area contributed by atoms with E-state index in [1.165, 1.54) is 0 Å². The Bertz CT molecular complexity index is 1130. The number of anilines is 3. The zero-order chi connectivity index (χ0) is 22.5. The predicted molar refractivity (Wildman–Crippen MR) is 122 cm³/mol. The van der Waals surface area contributed by atoms with Crippen molar-refractivity contribution in [3.05, 3.63) is 50.6 Å². The van der Waals surface area contributed by atoms with Gasteiger partial charge in [0.25, 0.3) is 10.2 Å². The standard InChI is InChI=1S/C16H18ClF2IN4O4S2/c1-29(25,26)21-7-2-8-22-30(27,28)24-14-6-4-12(18)15(19)16(14)23-13-5-3-10(20)9-11(13)17/h3-6,9,21-24H,2,7-8H2,1H3. The van der Waals surface area contributed by atoms with Gasteiger partial charge in [-0.05, 0) is 59.3 Å². The Morgan fingerprint density at radius 3 is 2.27 bits per heavy atom. The topological polar surface area (TPSA) is 116 Å². The van der Waals surface area contributed by atoms with E-state index in [-0.39, 0.29) is 35.9 Å². The van der Waals surface area contributed by atoms with E-state index in [1.807, 2.05) is 22.6 Å². The number of hydrogen-bond donors (Lipinski definition) is 4. The number of sulfonamides is 1. The van der Waals surface area contributed by atoms with Crippen molar-refractivity contribution in [2.24, 2.45) is 0 Å². The Morgan fingerprint density at radius 2 is 1.63 bits per heavy atom. The Balaban J connectivity index is 2.16. The van der Waals surface area contributed by atoms with Crippen LogP contribution >= 0.6 is 34.2 Å². The molecule has 0 unspecified atom stereocenters. The molecule has 0 fully saturated rings. The SMILES string of the molecule is CS(=O)(=O)NCCCNS(=O)(=O)Nc1ccc(F)c(F)c1Nc1ccc(I)cc1Cl. The summed E-state index contributed by atoms with van der Waals surface area (Å²) >= 11 is 8.13. The summed E-state index contributed by atoms with van der Waals surface area (Å²) in [6.45, 7) is -0.0577. The predicted octanol–water partition coefficient (Wildman–Crippen LogP) is 3.15. The molecule has 0 heterocycles. The van der Waals surface area contributed by atoms with Gasteiger partial charge in [0.05, 0.1) is 22.7 Å². The van der Waals surface area contributed by atoms with Crippen LogP contribution in [0.25, 0.3) is 0 Å². The molecule has 0 saturated carbocycles. The minimum Gasteiger partial charge on any atom is -0.350 e. The molecular formula is C16H18ClF2IN4O4S2. The van der Waals surface area contributed by atoms with Crippen LogP contribution in [0.3, 0.4) is 0 Å². The lowest BCUT2D eigenvalue weighted by Gasteiger charge is -2.16. The molecule has 4 N–H and O–H groups in total. The highest BCUT2D eigenvalue weighted by atomic mass is 127. The molecule has 0 spiro atoms. The fourth-order valence-corrected chi connectivity index (χ4v) is 4.58. The van der Waals surface area contributed by atoms with Gasteiger partial charge in [-0.15, -0.1) is 0 Å². The van der Waals surface area contributed by atoms with Crippen molar-refractivity contribution in [2.75, 3.05) is 29.4 Å². The summed E-state index contributed by atoms with van der Waals surface area (Å²) in [4.78, 5) is 0. The third-order valence-electron chi connectivity index (χ3n) is 3.54. The minimum absolute atomic E-state index is 0.0324. The molecule has 14 heteroatoms. The van der Waals surface area contributed by atoms with Gasteiger partial charge in [-0.1, -0.05) is 11.6 Å². The fourth-order valence-electron chi connectivity index (χ4n) is 2.22. The molecule has 2 aromatic carbocycles. The summed E-state index contributed by atoms with van der Waals surface area (Å²) < 4.78 is 81.9. The summed E-state index contributed by atoms with van der Waals surface area (Å²) in [5, 5.41) is 2.84. The van der Waals surface area contributed by atoms with E-state index in [9.17, 15) is 25.6 Å². The molecular weight excluding hydrogens is 577 g/mol. The molecule has 0 aromatic heterocycles. The van der Waals surface area contributed by atoms with Crippen molar-refractivity contribution in [1.82, 2.24) is 9.44 Å². The van der Waals surface area contributed by atoms with E-state index in [0.717, 1.165) is 22.0 Å². The second-order valence-corrected chi connectivity index (χ2v) is 11.0. The number of hydrogen-bond acceptors (Lipinski definition) is 5. The quantitative estimate of drug-likeness (QED) is 0.249. The Hall–Kier alpha value is -1.26. The Morgan fingerprint density at radius 1 is 1.00 bits per heavy atom. The van der Waals surface area contributed by atoms with Crippen molar-refractivity contribution in [3.63, 3.8) is 0 Å². The van der Waals surface area contributed by atoms with Crippen LogP contribution in [0.2, 0.25) is 5.02 Å². The summed E-state index contributed by atoms with van der Waals surface area (Å²) in [5.74, 6) is -2.47. The van der Waals surface area contributed by atoms with Crippen molar-refractivity contribution in [1.29, 1.82) is 0 Å². The Labute approximate surface area is 192 Å². The lowest BCUT2D eigenvalue weighted by atomic mass is 10.2. The zero-order valence-electron chi connectivity index (χ0n) is 15.5.